The van der Waals surface area contributed by atoms with E-state index in [2.05, 4.69) is 15.0 Å². The third-order valence-electron chi connectivity index (χ3n) is 5.01. The predicted molar refractivity (Wildman–Crippen MR) is 118 cm³/mol. The van der Waals surface area contributed by atoms with E-state index in [4.69, 9.17) is 4.42 Å². The molecule has 0 aliphatic heterocycles. The number of aryl methyl sites for hydroxylation is 2. The van der Waals surface area contributed by atoms with Crippen molar-refractivity contribution >= 4 is 5.91 Å². The van der Waals surface area contributed by atoms with Crippen LogP contribution < -0.4 is 0 Å². The molecule has 0 atom stereocenters. The van der Waals surface area contributed by atoms with Gasteiger partial charge in [0.1, 0.15) is 0 Å². The molecule has 1 aromatic carbocycles. The van der Waals surface area contributed by atoms with Gasteiger partial charge in [-0.1, -0.05) is 35.9 Å². The fourth-order valence-electron chi connectivity index (χ4n) is 3.30. The first-order chi connectivity index (χ1) is 15.2. The molecule has 4 rings (SSSR count). The Morgan fingerprint density at radius 3 is 2.42 bits per heavy atom. The lowest BCUT2D eigenvalue weighted by molar-refractivity contribution is -0.132. The van der Waals surface area contributed by atoms with Crippen LogP contribution in [0, 0.1) is 6.92 Å². The van der Waals surface area contributed by atoms with Crippen molar-refractivity contribution in [2.24, 2.45) is 0 Å². The topological polar surface area (TPSA) is 72.1 Å². The van der Waals surface area contributed by atoms with Gasteiger partial charge in [0.15, 0.2) is 11.7 Å². The Labute approximate surface area is 181 Å². The molecule has 0 spiro atoms. The largest absolute Gasteiger partial charge is 0.441 e. The molecular weight excluding hydrogens is 388 g/mol. The Hall–Kier alpha value is -3.80. The van der Waals surface area contributed by atoms with E-state index in [-0.39, 0.29) is 5.91 Å². The van der Waals surface area contributed by atoms with Crippen LogP contribution in [-0.2, 0) is 24.3 Å². The number of hydrogen-bond acceptors (Lipinski definition) is 5. The number of amides is 1. The first-order valence-corrected chi connectivity index (χ1v) is 10.2. The van der Waals surface area contributed by atoms with Crippen molar-refractivity contribution in [2.75, 3.05) is 0 Å². The van der Waals surface area contributed by atoms with E-state index < -0.39 is 0 Å². The van der Waals surface area contributed by atoms with Gasteiger partial charge in [0.25, 0.3) is 0 Å². The van der Waals surface area contributed by atoms with E-state index in [1.165, 1.54) is 5.56 Å². The molecule has 1 amide bonds. The highest BCUT2D eigenvalue weighted by Crippen LogP contribution is 2.21. The number of pyridine rings is 2. The van der Waals surface area contributed by atoms with Crippen LogP contribution in [0.2, 0.25) is 0 Å². The summed E-state index contributed by atoms with van der Waals surface area (Å²) in [4.78, 5) is 27.5. The molecule has 4 aromatic rings. The lowest BCUT2D eigenvalue weighted by Crippen LogP contribution is -2.30. The average Bonchev–Trinajstić information content (AvgIpc) is 3.28. The van der Waals surface area contributed by atoms with Gasteiger partial charge in [0.2, 0.25) is 5.91 Å². The maximum Gasteiger partial charge on any atom is 0.223 e. The first kappa shape index (κ1) is 20.5. The zero-order valence-corrected chi connectivity index (χ0v) is 17.4. The monoisotopic (exact) mass is 412 g/mol. The third kappa shape index (κ3) is 5.63. The summed E-state index contributed by atoms with van der Waals surface area (Å²) < 4.78 is 5.88. The molecule has 3 heterocycles. The van der Waals surface area contributed by atoms with Crippen molar-refractivity contribution in [1.29, 1.82) is 0 Å². The number of aromatic nitrogens is 3. The summed E-state index contributed by atoms with van der Waals surface area (Å²) >= 11 is 0. The van der Waals surface area contributed by atoms with Gasteiger partial charge in [0, 0.05) is 56.3 Å². The number of rotatable bonds is 8. The fourth-order valence-corrected chi connectivity index (χ4v) is 3.30. The molecule has 0 fully saturated rings. The van der Waals surface area contributed by atoms with Gasteiger partial charge in [0.05, 0.1) is 6.20 Å². The van der Waals surface area contributed by atoms with E-state index in [1.54, 1.807) is 31.0 Å². The summed E-state index contributed by atoms with van der Waals surface area (Å²) in [5, 5.41) is 0. The molecule has 0 bridgehead atoms. The molecule has 31 heavy (non-hydrogen) atoms. The quantitative estimate of drug-likeness (QED) is 0.423. The van der Waals surface area contributed by atoms with Gasteiger partial charge >= 0.3 is 0 Å². The van der Waals surface area contributed by atoms with Crippen molar-refractivity contribution in [3.8, 4) is 11.3 Å². The predicted octanol–water partition coefficient (Wildman–Crippen LogP) is 4.60. The van der Waals surface area contributed by atoms with Gasteiger partial charge in [-0.05, 0) is 36.2 Å². The molecular formula is C25H24N4O2. The molecule has 0 unspecified atom stereocenters. The second-order valence-corrected chi connectivity index (χ2v) is 7.45. The van der Waals surface area contributed by atoms with Crippen molar-refractivity contribution in [3.63, 3.8) is 0 Å². The van der Waals surface area contributed by atoms with Crippen LogP contribution in [0.5, 0.6) is 0 Å². The zero-order valence-electron chi connectivity index (χ0n) is 17.4. The van der Waals surface area contributed by atoms with E-state index >= 15 is 0 Å². The number of oxazole rings is 1. The first-order valence-electron chi connectivity index (χ1n) is 10.2. The Morgan fingerprint density at radius 1 is 0.903 bits per heavy atom. The molecule has 6 heteroatoms. The summed E-state index contributed by atoms with van der Waals surface area (Å²) in [5.74, 6) is 1.32. The molecule has 0 saturated carbocycles. The van der Waals surface area contributed by atoms with Crippen LogP contribution in [0.1, 0.15) is 29.0 Å². The summed E-state index contributed by atoms with van der Waals surface area (Å²) in [6.07, 6.45) is 9.48. The van der Waals surface area contributed by atoms with Gasteiger partial charge in [-0.2, -0.15) is 0 Å². The lowest BCUT2D eigenvalue weighted by atomic mass is 10.1. The minimum Gasteiger partial charge on any atom is -0.441 e. The molecule has 0 aliphatic carbocycles. The van der Waals surface area contributed by atoms with Crippen molar-refractivity contribution in [2.45, 2.75) is 32.9 Å². The van der Waals surface area contributed by atoms with E-state index in [0.717, 1.165) is 16.7 Å². The number of benzene rings is 1. The van der Waals surface area contributed by atoms with Crippen molar-refractivity contribution in [1.82, 2.24) is 19.9 Å². The molecule has 6 nitrogen and oxygen atoms in total. The maximum absolute atomic E-state index is 13.1. The SMILES string of the molecule is Cc1ccc(-c2cnc(CCC(=O)N(Cc3ccncc3)Cc3cccnc3)o2)cc1. The van der Waals surface area contributed by atoms with Crippen LogP contribution in [0.15, 0.2) is 83.9 Å². The normalized spacial score (nSPS) is 10.7. The minimum atomic E-state index is 0.0377. The average molecular weight is 412 g/mol. The second-order valence-electron chi connectivity index (χ2n) is 7.45. The van der Waals surface area contributed by atoms with Crippen LogP contribution in [0.3, 0.4) is 0 Å². The Bertz CT molecular complexity index is 1070. The number of hydrogen-bond donors (Lipinski definition) is 0. The van der Waals surface area contributed by atoms with Crippen LogP contribution in [0.25, 0.3) is 11.3 Å². The lowest BCUT2D eigenvalue weighted by Gasteiger charge is -2.23. The Morgan fingerprint density at radius 2 is 1.68 bits per heavy atom. The van der Waals surface area contributed by atoms with E-state index in [1.807, 2.05) is 60.4 Å². The number of carbonyl (C=O) groups excluding carboxylic acids is 1. The highest BCUT2D eigenvalue weighted by atomic mass is 16.4. The molecule has 0 saturated heterocycles. The smallest absolute Gasteiger partial charge is 0.223 e. The van der Waals surface area contributed by atoms with E-state index in [9.17, 15) is 4.79 Å². The third-order valence-corrected chi connectivity index (χ3v) is 5.01. The maximum atomic E-state index is 13.1. The summed E-state index contributed by atoms with van der Waals surface area (Å²) in [6, 6.07) is 15.8. The summed E-state index contributed by atoms with van der Waals surface area (Å²) in [7, 11) is 0. The van der Waals surface area contributed by atoms with Gasteiger partial charge in [-0.3, -0.25) is 14.8 Å². The zero-order chi connectivity index (χ0) is 21.5. The highest BCUT2D eigenvalue weighted by molar-refractivity contribution is 5.76. The highest BCUT2D eigenvalue weighted by Gasteiger charge is 2.16. The van der Waals surface area contributed by atoms with Crippen LogP contribution >= 0.6 is 0 Å². The van der Waals surface area contributed by atoms with Crippen molar-refractivity contribution < 1.29 is 9.21 Å². The molecule has 156 valence electrons. The van der Waals surface area contributed by atoms with Crippen LogP contribution in [0.4, 0.5) is 0 Å². The van der Waals surface area contributed by atoms with Crippen LogP contribution in [-0.4, -0.2) is 25.8 Å². The standard InChI is InChI=1S/C25H24N4O2/c1-19-4-6-22(7-5-19)23-16-28-24(31-23)8-9-25(30)29(17-20-10-13-26-14-11-20)18-21-3-2-12-27-15-21/h2-7,10-16H,8-9,17-18H2,1H3. The molecule has 0 aliphatic rings. The minimum absolute atomic E-state index is 0.0377. The molecule has 0 N–H and O–H groups in total. The molecule has 3 aromatic heterocycles. The van der Waals surface area contributed by atoms with Gasteiger partial charge in [-0.15, -0.1) is 0 Å². The van der Waals surface area contributed by atoms with Gasteiger partial charge < -0.3 is 9.32 Å². The summed E-state index contributed by atoms with van der Waals surface area (Å²) in [6.45, 7) is 3.05. The second kappa shape index (κ2) is 9.80. The molecule has 0 radical (unpaired) electrons. The number of nitrogens with zero attached hydrogens (tertiary/aromatic N) is 4. The van der Waals surface area contributed by atoms with Crippen molar-refractivity contribution in [3.05, 3.63) is 102 Å². The fraction of sp³-hybridized carbons (Fsp3) is 0.200. The number of carbonyl (C=O) groups is 1. The van der Waals surface area contributed by atoms with Gasteiger partial charge in [-0.25, -0.2) is 4.98 Å². The Balaban J connectivity index is 1.42. The Kier molecular flexibility index (Phi) is 6.47. The summed E-state index contributed by atoms with van der Waals surface area (Å²) in [5.41, 5.74) is 4.19. The van der Waals surface area contributed by atoms with E-state index in [0.29, 0.717) is 37.6 Å².